The van der Waals surface area contributed by atoms with Gasteiger partial charge in [-0.25, -0.2) is 4.98 Å². The van der Waals surface area contributed by atoms with E-state index in [1.165, 1.54) is 21.7 Å². The number of amides is 1. The monoisotopic (exact) mass is 418 g/mol. The summed E-state index contributed by atoms with van der Waals surface area (Å²) >= 11 is 1.43. The topological polar surface area (TPSA) is 76.8 Å². The number of carbonyl (C=O) groups excluding carboxylic acids is 1. The fraction of sp³-hybridized carbons (Fsp3) is 0.227. The molecule has 152 valence electrons. The summed E-state index contributed by atoms with van der Waals surface area (Å²) in [6.07, 6.45) is 0.836. The van der Waals surface area contributed by atoms with Gasteiger partial charge in [-0.1, -0.05) is 55.0 Å². The van der Waals surface area contributed by atoms with E-state index in [1.54, 1.807) is 11.8 Å². The highest BCUT2D eigenvalue weighted by molar-refractivity contribution is 7.14. The van der Waals surface area contributed by atoms with Crippen LogP contribution in [0.25, 0.3) is 11.4 Å². The highest BCUT2D eigenvalue weighted by Gasteiger charge is 2.20. The standard InChI is InChI=1S/C22H22N6OS/c1-4-17-7-5-6-8-20(17)28(16(3)29)22-23-19(14-30-22)13-27-25-21(24-26-27)18-11-9-15(2)10-12-18/h5-12,14H,4,13H2,1-3H3. The molecule has 0 saturated heterocycles. The number of tetrazole rings is 1. The van der Waals surface area contributed by atoms with Crippen molar-refractivity contribution in [2.75, 3.05) is 4.90 Å². The van der Waals surface area contributed by atoms with Gasteiger partial charge in [0.25, 0.3) is 0 Å². The van der Waals surface area contributed by atoms with Crippen LogP contribution in [0.4, 0.5) is 10.8 Å². The Morgan fingerprint density at radius 1 is 1.13 bits per heavy atom. The first-order chi connectivity index (χ1) is 14.5. The van der Waals surface area contributed by atoms with Crippen LogP contribution in [0, 0.1) is 6.92 Å². The molecule has 0 aliphatic carbocycles. The lowest BCUT2D eigenvalue weighted by atomic mass is 10.1. The van der Waals surface area contributed by atoms with Crippen LogP contribution < -0.4 is 4.90 Å². The highest BCUT2D eigenvalue weighted by atomic mass is 32.1. The minimum absolute atomic E-state index is 0.0719. The van der Waals surface area contributed by atoms with E-state index >= 15 is 0 Å². The molecule has 1 amide bonds. The second-order valence-corrected chi connectivity index (χ2v) is 7.80. The molecule has 0 saturated carbocycles. The van der Waals surface area contributed by atoms with Crippen molar-refractivity contribution in [2.45, 2.75) is 33.7 Å². The third-order valence-corrected chi connectivity index (χ3v) is 5.60. The van der Waals surface area contributed by atoms with Crippen molar-refractivity contribution >= 4 is 28.1 Å². The van der Waals surface area contributed by atoms with Crippen LogP contribution in [-0.4, -0.2) is 31.1 Å². The largest absolute Gasteiger partial charge is 0.274 e. The van der Waals surface area contributed by atoms with Gasteiger partial charge in [-0.15, -0.1) is 21.5 Å². The highest BCUT2D eigenvalue weighted by Crippen LogP contribution is 2.31. The maximum absolute atomic E-state index is 12.4. The minimum Gasteiger partial charge on any atom is -0.274 e. The average molecular weight is 419 g/mol. The Hall–Kier alpha value is -3.39. The number of anilines is 2. The van der Waals surface area contributed by atoms with Gasteiger partial charge in [0.2, 0.25) is 11.7 Å². The number of aryl methyl sites for hydroxylation is 2. The molecule has 8 heteroatoms. The van der Waals surface area contributed by atoms with Crippen molar-refractivity contribution in [3.8, 4) is 11.4 Å². The van der Waals surface area contributed by atoms with Crippen LogP contribution in [0.15, 0.2) is 53.9 Å². The zero-order chi connectivity index (χ0) is 21.1. The predicted molar refractivity (Wildman–Crippen MR) is 118 cm³/mol. The molecule has 0 aliphatic rings. The summed E-state index contributed by atoms with van der Waals surface area (Å²) in [5, 5.41) is 15.3. The van der Waals surface area contributed by atoms with Crippen LogP contribution in [0.5, 0.6) is 0 Å². The number of rotatable bonds is 6. The smallest absolute Gasteiger partial charge is 0.230 e. The molecule has 0 N–H and O–H groups in total. The lowest BCUT2D eigenvalue weighted by molar-refractivity contribution is -0.115. The Labute approximate surface area is 179 Å². The molecule has 4 aromatic rings. The van der Waals surface area contributed by atoms with E-state index in [1.807, 2.05) is 60.8 Å². The summed E-state index contributed by atoms with van der Waals surface area (Å²) in [4.78, 5) is 20.3. The molecule has 0 radical (unpaired) electrons. The Balaban J connectivity index is 1.56. The van der Waals surface area contributed by atoms with E-state index in [0.717, 1.165) is 28.9 Å². The number of hydrogen-bond donors (Lipinski definition) is 0. The zero-order valence-corrected chi connectivity index (χ0v) is 17.9. The Bertz CT molecular complexity index is 1160. The Morgan fingerprint density at radius 2 is 1.90 bits per heavy atom. The summed E-state index contributed by atoms with van der Waals surface area (Å²) in [6.45, 7) is 6.06. The molecule has 2 heterocycles. The SMILES string of the molecule is CCc1ccccc1N(C(C)=O)c1nc(Cn2nnc(-c3ccc(C)cc3)n2)cs1. The molecule has 2 aromatic heterocycles. The molecule has 7 nitrogen and oxygen atoms in total. The summed E-state index contributed by atoms with van der Waals surface area (Å²) < 4.78 is 0. The number of thiazole rings is 1. The van der Waals surface area contributed by atoms with E-state index in [-0.39, 0.29) is 5.91 Å². The van der Waals surface area contributed by atoms with Crippen molar-refractivity contribution in [2.24, 2.45) is 0 Å². The molecule has 30 heavy (non-hydrogen) atoms. The Morgan fingerprint density at radius 3 is 2.63 bits per heavy atom. The molecule has 0 bridgehead atoms. The van der Waals surface area contributed by atoms with Crippen molar-refractivity contribution < 1.29 is 4.79 Å². The van der Waals surface area contributed by atoms with Gasteiger partial charge in [0, 0.05) is 17.9 Å². The number of carbonyl (C=O) groups is 1. The fourth-order valence-corrected chi connectivity index (χ4v) is 4.05. The van der Waals surface area contributed by atoms with E-state index < -0.39 is 0 Å². The molecule has 4 rings (SSSR count). The summed E-state index contributed by atoms with van der Waals surface area (Å²) in [7, 11) is 0. The molecule has 0 fully saturated rings. The second kappa shape index (κ2) is 8.54. The summed E-state index contributed by atoms with van der Waals surface area (Å²) in [5.41, 5.74) is 4.85. The van der Waals surface area contributed by atoms with Crippen molar-refractivity contribution in [3.63, 3.8) is 0 Å². The number of aromatic nitrogens is 5. The molecule has 0 spiro atoms. The van der Waals surface area contributed by atoms with E-state index in [2.05, 4.69) is 27.3 Å². The first kappa shape index (κ1) is 19.9. The van der Waals surface area contributed by atoms with Gasteiger partial charge >= 0.3 is 0 Å². The number of para-hydroxylation sites is 1. The van der Waals surface area contributed by atoms with Crippen molar-refractivity contribution in [1.82, 2.24) is 25.2 Å². The molecule has 2 aromatic carbocycles. The number of nitrogens with zero attached hydrogens (tertiary/aromatic N) is 6. The lowest BCUT2D eigenvalue weighted by Gasteiger charge is -2.20. The van der Waals surface area contributed by atoms with E-state index in [0.29, 0.717) is 17.5 Å². The number of benzene rings is 2. The number of hydrogen-bond acceptors (Lipinski definition) is 6. The third kappa shape index (κ3) is 4.13. The van der Waals surface area contributed by atoms with Crippen molar-refractivity contribution in [3.05, 3.63) is 70.7 Å². The van der Waals surface area contributed by atoms with Gasteiger partial charge in [0.1, 0.15) is 6.54 Å². The summed E-state index contributed by atoms with van der Waals surface area (Å²) in [5.74, 6) is 0.505. The van der Waals surface area contributed by atoms with Gasteiger partial charge in [0.15, 0.2) is 5.13 Å². The fourth-order valence-electron chi connectivity index (χ4n) is 3.18. The van der Waals surface area contributed by atoms with Crippen molar-refractivity contribution in [1.29, 1.82) is 0 Å². The Kier molecular flexibility index (Phi) is 5.67. The first-order valence-electron chi connectivity index (χ1n) is 9.73. The first-order valence-corrected chi connectivity index (χ1v) is 10.6. The van der Waals surface area contributed by atoms with Crippen LogP contribution in [0.1, 0.15) is 30.7 Å². The minimum atomic E-state index is -0.0719. The van der Waals surface area contributed by atoms with E-state index in [4.69, 9.17) is 0 Å². The molecular weight excluding hydrogens is 396 g/mol. The van der Waals surface area contributed by atoms with Gasteiger partial charge in [0.05, 0.1) is 11.4 Å². The maximum atomic E-state index is 12.4. The van der Waals surface area contributed by atoms with E-state index in [9.17, 15) is 4.79 Å². The van der Waals surface area contributed by atoms with Gasteiger partial charge in [-0.2, -0.15) is 4.80 Å². The lowest BCUT2D eigenvalue weighted by Crippen LogP contribution is -2.23. The second-order valence-electron chi connectivity index (χ2n) is 6.97. The zero-order valence-electron chi connectivity index (χ0n) is 17.1. The van der Waals surface area contributed by atoms with Crippen LogP contribution >= 0.6 is 11.3 Å². The predicted octanol–water partition coefficient (Wildman–Crippen LogP) is 4.40. The summed E-state index contributed by atoms with van der Waals surface area (Å²) in [6, 6.07) is 15.9. The molecule has 0 unspecified atom stereocenters. The normalized spacial score (nSPS) is 10.9. The van der Waals surface area contributed by atoms with Gasteiger partial charge < -0.3 is 0 Å². The van der Waals surface area contributed by atoms with Crippen LogP contribution in [-0.2, 0) is 17.8 Å². The van der Waals surface area contributed by atoms with Gasteiger partial charge in [-0.05, 0) is 30.2 Å². The van der Waals surface area contributed by atoms with Crippen LogP contribution in [0.2, 0.25) is 0 Å². The van der Waals surface area contributed by atoms with Gasteiger partial charge in [-0.3, -0.25) is 9.69 Å². The third-order valence-electron chi connectivity index (χ3n) is 4.73. The quantitative estimate of drug-likeness (QED) is 0.464. The van der Waals surface area contributed by atoms with Crippen LogP contribution in [0.3, 0.4) is 0 Å². The average Bonchev–Trinajstić information content (AvgIpc) is 3.39. The maximum Gasteiger partial charge on any atom is 0.230 e. The molecular formula is C22H22N6OS. The molecule has 0 aliphatic heterocycles. The molecule has 0 atom stereocenters.